The van der Waals surface area contributed by atoms with Crippen LogP contribution in [0.5, 0.6) is 0 Å². The highest BCUT2D eigenvalue weighted by molar-refractivity contribution is 7.89. The van der Waals surface area contributed by atoms with Crippen LogP contribution in [0.2, 0.25) is 0 Å². The van der Waals surface area contributed by atoms with Gasteiger partial charge in [-0.2, -0.15) is 4.31 Å². The van der Waals surface area contributed by atoms with Gasteiger partial charge >= 0.3 is 0 Å². The highest BCUT2D eigenvalue weighted by Gasteiger charge is 2.36. The summed E-state index contributed by atoms with van der Waals surface area (Å²) in [6.07, 6.45) is 4.07. The second-order valence-electron chi connectivity index (χ2n) is 10.2. The Hall–Kier alpha value is -3.47. The van der Waals surface area contributed by atoms with Crippen molar-refractivity contribution in [3.05, 3.63) is 113 Å². The fraction of sp³-hybridized carbons (Fsp3) is 0.300. The van der Waals surface area contributed by atoms with Gasteiger partial charge < -0.3 is 10.6 Å². The number of nitrogens with zero attached hydrogens (tertiary/aromatic N) is 1. The van der Waals surface area contributed by atoms with Crippen molar-refractivity contribution in [2.75, 3.05) is 24.2 Å². The fourth-order valence-corrected chi connectivity index (χ4v) is 6.96. The molecule has 3 aromatic carbocycles. The molecule has 1 unspecified atom stereocenters. The molecule has 3 aromatic rings. The molecule has 1 amide bonds. The van der Waals surface area contributed by atoms with Gasteiger partial charge in [0.15, 0.2) is 0 Å². The molecule has 2 aliphatic rings. The summed E-state index contributed by atoms with van der Waals surface area (Å²) in [5.41, 5.74) is 1.96. The number of benzene rings is 3. The minimum atomic E-state index is -3.46. The molecule has 0 spiro atoms. The van der Waals surface area contributed by atoms with Gasteiger partial charge in [0.2, 0.25) is 15.9 Å². The molecule has 0 aliphatic carbocycles. The van der Waals surface area contributed by atoms with Gasteiger partial charge in [0.1, 0.15) is 17.5 Å². The van der Waals surface area contributed by atoms with Crippen molar-refractivity contribution in [3.8, 4) is 0 Å². The summed E-state index contributed by atoms with van der Waals surface area (Å²) in [4.78, 5) is 13.3. The molecule has 3 atom stereocenters. The van der Waals surface area contributed by atoms with E-state index >= 15 is 4.39 Å². The summed E-state index contributed by atoms with van der Waals surface area (Å²) in [5.74, 6) is -2.26. The Balaban J connectivity index is 1.32. The van der Waals surface area contributed by atoms with Gasteiger partial charge in [-0.1, -0.05) is 42.5 Å². The first-order chi connectivity index (χ1) is 19.2. The normalized spacial score (nSPS) is 21.6. The average Bonchev–Trinajstić information content (AvgIpc) is 3.04. The van der Waals surface area contributed by atoms with Crippen LogP contribution < -0.4 is 10.6 Å². The van der Waals surface area contributed by atoms with E-state index in [-0.39, 0.29) is 30.7 Å². The topological polar surface area (TPSA) is 78.5 Å². The zero-order chi connectivity index (χ0) is 28.3. The van der Waals surface area contributed by atoms with Crippen molar-refractivity contribution in [3.63, 3.8) is 0 Å². The van der Waals surface area contributed by atoms with Gasteiger partial charge in [0.05, 0.1) is 5.75 Å². The van der Waals surface area contributed by atoms with Crippen LogP contribution in [0.25, 0.3) is 0 Å². The van der Waals surface area contributed by atoms with Crippen LogP contribution in [0, 0.1) is 17.5 Å². The van der Waals surface area contributed by atoms with Crippen molar-refractivity contribution < 1.29 is 26.4 Å². The minimum absolute atomic E-state index is 0.0415. The summed E-state index contributed by atoms with van der Waals surface area (Å²) in [7, 11) is -3.46. The first kappa shape index (κ1) is 28.1. The molecule has 2 bridgehead atoms. The standard InChI is InChI=1S/C30H30F3N3O3S/c31-22-10-6-20(7-11-22)27(21-8-12-23(32)13-9-21)17-30(37)35-29-5-1-4-28(33)26(29)15-14-25-18-34-24-3-2-16-40(38,39)36(25)19-24/h1-13,24-25,27,34H,14-19H2,(H,35,37)/t24-,25+/m1/s1. The first-order valence-corrected chi connectivity index (χ1v) is 14.8. The summed E-state index contributed by atoms with van der Waals surface area (Å²) < 4.78 is 69.2. The fourth-order valence-electron chi connectivity index (χ4n) is 5.40. The van der Waals surface area contributed by atoms with Gasteiger partial charge in [-0.05, 0) is 60.4 Å². The molecular formula is C30H30F3N3O3S. The van der Waals surface area contributed by atoms with E-state index in [1.54, 1.807) is 36.4 Å². The number of anilines is 1. The van der Waals surface area contributed by atoms with E-state index < -0.39 is 39.3 Å². The molecule has 2 N–H and O–H groups in total. The smallest absolute Gasteiger partial charge is 0.225 e. The zero-order valence-electron chi connectivity index (χ0n) is 21.7. The highest BCUT2D eigenvalue weighted by Crippen LogP contribution is 2.30. The predicted molar refractivity (Wildman–Crippen MR) is 148 cm³/mol. The predicted octanol–water partition coefficient (Wildman–Crippen LogP) is 4.74. The van der Waals surface area contributed by atoms with E-state index in [0.29, 0.717) is 41.9 Å². The number of piperazine rings is 1. The molecule has 2 aliphatic heterocycles. The van der Waals surface area contributed by atoms with Gasteiger partial charge in [-0.15, -0.1) is 0 Å². The number of fused-ring (bicyclic) bond motifs is 2. The van der Waals surface area contributed by atoms with Crippen LogP contribution in [-0.2, 0) is 21.2 Å². The molecular weight excluding hydrogens is 539 g/mol. The van der Waals surface area contributed by atoms with Crippen molar-refractivity contribution in [2.24, 2.45) is 0 Å². The number of sulfonamides is 1. The molecule has 40 heavy (non-hydrogen) atoms. The summed E-state index contributed by atoms with van der Waals surface area (Å²) in [6, 6.07) is 15.6. The SMILES string of the molecule is O=C(CC(c1ccc(F)cc1)c1ccc(F)cc1)Nc1cccc(F)c1CC[C@H]1CN[C@@H]2C=CCS(=O)(=O)N1C2. The van der Waals surface area contributed by atoms with Crippen molar-refractivity contribution >= 4 is 21.6 Å². The summed E-state index contributed by atoms with van der Waals surface area (Å²) in [5, 5.41) is 6.15. The monoisotopic (exact) mass is 569 g/mol. The maximum Gasteiger partial charge on any atom is 0.225 e. The Morgan fingerprint density at radius 1 is 0.975 bits per heavy atom. The number of nitrogens with one attached hydrogen (secondary N) is 2. The van der Waals surface area contributed by atoms with E-state index in [4.69, 9.17) is 0 Å². The van der Waals surface area contributed by atoms with Crippen LogP contribution in [0.1, 0.15) is 35.4 Å². The van der Waals surface area contributed by atoms with Crippen LogP contribution in [0.4, 0.5) is 18.9 Å². The van der Waals surface area contributed by atoms with E-state index in [1.165, 1.54) is 40.7 Å². The summed E-state index contributed by atoms with van der Waals surface area (Å²) >= 11 is 0. The second kappa shape index (κ2) is 12.0. The largest absolute Gasteiger partial charge is 0.326 e. The molecule has 2 heterocycles. The first-order valence-electron chi connectivity index (χ1n) is 13.2. The molecule has 0 radical (unpaired) electrons. The van der Waals surface area contributed by atoms with E-state index in [2.05, 4.69) is 10.6 Å². The number of carbonyl (C=O) groups excluding carboxylic acids is 1. The lowest BCUT2D eigenvalue weighted by atomic mass is 9.88. The van der Waals surface area contributed by atoms with Crippen LogP contribution in [0.3, 0.4) is 0 Å². The third-order valence-electron chi connectivity index (χ3n) is 7.49. The number of hydrogen-bond acceptors (Lipinski definition) is 4. The van der Waals surface area contributed by atoms with Crippen LogP contribution >= 0.6 is 0 Å². The minimum Gasteiger partial charge on any atom is -0.326 e. The number of carbonyl (C=O) groups is 1. The Morgan fingerprint density at radius 2 is 1.62 bits per heavy atom. The average molecular weight is 570 g/mol. The molecule has 0 saturated carbocycles. The van der Waals surface area contributed by atoms with Crippen molar-refractivity contribution in [1.82, 2.24) is 9.62 Å². The lowest BCUT2D eigenvalue weighted by Gasteiger charge is -2.37. The van der Waals surface area contributed by atoms with Crippen LogP contribution in [-0.4, -0.2) is 49.6 Å². The molecule has 1 fully saturated rings. The van der Waals surface area contributed by atoms with Crippen LogP contribution in [0.15, 0.2) is 78.9 Å². The Labute approximate surface area is 232 Å². The Bertz CT molecular complexity index is 1450. The maximum atomic E-state index is 15.0. The number of amides is 1. The number of halogens is 3. The molecule has 5 rings (SSSR count). The van der Waals surface area contributed by atoms with Gasteiger partial charge in [0.25, 0.3) is 0 Å². The highest BCUT2D eigenvalue weighted by atomic mass is 32.2. The zero-order valence-corrected chi connectivity index (χ0v) is 22.5. The Morgan fingerprint density at radius 3 is 2.27 bits per heavy atom. The molecule has 6 nitrogen and oxygen atoms in total. The lowest BCUT2D eigenvalue weighted by Crippen LogP contribution is -2.57. The van der Waals surface area contributed by atoms with Crippen molar-refractivity contribution in [2.45, 2.75) is 37.3 Å². The van der Waals surface area contributed by atoms with E-state index in [0.717, 1.165) is 0 Å². The third-order valence-corrected chi connectivity index (χ3v) is 9.26. The number of hydrogen-bond donors (Lipinski definition) is 2. The molecule has 0 aromatic heterocycles. The van der Waals surface area contributed by atoms with Crippen molar-refractivity contribution in [1.29, 1.82) is 0 Å². The lowest BCUT2D eigenvalue weighted by molar-refractivity contribution is -0.116. The molecule has 10 heteroatoms. The quantitative estimate of drug-likeness (QED) is 0.385. The van der Waals surface area contributed by atoms with Gasteiger partial charge in [-0.25, -0.2) is 21.6 Å². The summed E-state index contributed by atoms with van der Waals surface area (Å²) in [6.45, 7) is 0.778. The second-order valence-corrected chi connectivity index (χ2v) is 12.1. The number of rotatable bonds is 8. The third kappa shape index (κ3) is 6.46. The molecule has 1 saturated heterocycles. The van der Waals surface area contributed by atoms with Gasteiger partial charge in [0, 0.05) is 48.8 Å². The van der Waals surface area contributed by atoms with E-state index in [1.807, 2.05) is 6.08 Å². The molecule has 210 valence electrons. The maximum absolute atomic E-state index is 15.0. The van der Waals surface area contributed by atoms with E-state index in [9.17, 15) is 22.0 Å². The Kier molecular flexibility index (Phi) is 8.39. The van der Waals surface area contributed by atoms with Gasteiger partial charge in [-0.3, -0.25) is 4.79 Å².